The lowest BCUT2D eigenvalue weighted by Gasteiger charge is -2.36. The number of likely N-dealkylation sites (tertiary alicyclic amines) is 1. The largest absolute Gasteiger partial charge is 0.466 e. The lowest BCUT2D eigenvalue weighted by atomic mass is 9.87. The van der Waals surface area contributed by atoms with Gasteiger partial charge in [0.05, 0.1) is 37.5 Å². The van der Waals surface area contributed by atoms with Crippen LogP contribution < -0.4 is 0 Å². The first kappa shape index (κ1) is 28.1. The van der Waals surface area contributed by atoms with Gasteiger partial charge in [-0.25, -0.2) is 13.2 Å². The summed E-state index contributed by atoms with van der Waals surface area (Å²) in [5.41, 5.74) is -0.590. The van der Waals surface area contributed by atoms with Gasteiger partial charge in [0.1, 0.15) is 5.60 Å². The van der Waals surface area contributed by atoms with E-state index in [1.54, 1.807) is 4.90 Å². The van der Waals surface area contributed by atoms with Gasteiger partial charge in [-0.2, -0.15) is 4.31 Å². The van der Waals surface area contributed by atoms with Crippen LogP contribution in [0, 0.1) is 5.92 Å². The van der Waals surface area contributed by atoms with Crippen LogP contribution in [-0.4, -0.2) is 111 Å². The van der Waals surface area contributed by atoms with Gasteiger partial charge < -0.3 is 19.1 Å². The SMILES string of the molecule is CCOC(=O)C1CCC(OC[C@@H]2C[C@@H](N3CCN(S(C)(=O)=O)CC3)CN2C(=O)OC(C)(C)C)CC1. The van der Waals surface area contributed by atoms with Crippen molar-refractivity contribution in [3.63, 3.8) is 0 Å². The fraction of sp³-hybridized carbons (Fsp3) is 0.917. The smallest absolute Gasteiger partial charge is 0.410 e. The molecule has 1 amide bonds. The summed E-state index contributed by atoms with van der Waals surface area (Å²) in [5.74, 6) is -0.161. The normalized spacial score (nSPS) is 29.2. The van der Waals surface area contributed by atoms with Crippen LogP contribution in [0.15, 0.2) is 0 Å². The average molecular weight is 518 g/mol. The number of carbonyl (C=O) groups excluding carboxylic acids is 2. The zero-order chi connectivity index (χ0) is 25.8. The highest BCUT2D eigenvalue weighted by Gasteiger charge is 2.41. The third-order valence-corrected chi connectivity index (χ3v) is 8.40. The summed E-state index contributed by atoms with van der Waals surface area (Å²) in [6.45, 7) is 11.0. The molecular weight excluding hydrogens is 474 g/mol. The Bertz CT molecular complexity index is 829. The van der Waals surface area contributed by atoms with Crippen molar-refractivity contribution < 1.29 is 32.2 Å². The van der Waals surface area contributed by atoms with Gasteiger partial charge in [0, 0.05) is 38.8 Å². The molecule has 2 atom stereocenters. The van der Waals surface area contributed by atoms with Gasteiger partial charge >= 0.3 is 12.1 Å². The number of esters is 1. The predicted molar refractivity (Wildman–Crippen MR) is 131 cm³/mol. The van der Waals surface area contributed by atoms with E-state index >= 15 is 0 Å². The molecule has 2 aliphatic heterocycles. The van der Waals surface area contributed by atoms with Crippen molar-refractivity contribution in [2.75, 3.05) is 52.2 Å². The Labute approximate surface area is 210 Å². The van der Waals surface area contributed by atoms with E-state index in [9.17, 15) is 18.0 Å². The maximum absolute atomic E-state index is 13.0. The first-order chi connectivity index (χ1) is 16.4. The number of piperazine rings is 1. The molecule has 1 aliphatic carbocycles. The molecule has 35 heavy (non-hydrogen) atoms. The minimum absolute atomic E-state index is 0.0467. The topological polar surface area (TPSA) is 106 Å². The van der Waals surface area contributed by atoms with Crippen LogP contribution in [-0.2, 0) is 29.0 Å². The van der Waals surface area contributed by atoms with Crippen molar-refractivity contribution >= 4 is 22.1 Å². The second-order valence-corrected chi connectivity index (χ2v) is 12.9. The molecule has 202 valence electrons. The molecule has 3 fully saturated rings. The average Bonchev–Trinajstić information content (AvgIpc) is 3.21. The molecule has 3 rings (SSSR count). The molecule has 0 radical (unpaired) electrons. The monoisotopic (exact) mass is 517 g/mol. The summed E-state index contributed by atoms with van der Waals surface area (Å²) in [6, 6.07) is 0.0305. The molecule has 2 heterocycles. The maximum atomic E-state index is 13.0. The number of amides is 1. The van der Waals surface area contributed by atoms with Crippen molar-refractivity contribution in [1.29, 1.82) is 0 Å². The second kappa shape index (κ2) is 11.7. The molecule has 0 N–H and O–H groups in total. The number of ether oxygens (including phenoxy) is 3. The van der Waals surface area contributed by atoms with Crippen LogP contribution in [0.3, 0.4) is 0 Å². The van der Waals surface area contributed by atoms with Crippen LogP contribution >= 0.6 is 0 Å². The van der Waals surface area contributed by atoms with E-state index in [-0.39, 0.29) is 36.2 Å². The number of hydrogen-bond donors (Lipinski definition) is 0. The van der Waals surface area contributed by atoms with Crippen molar-refractivity contribution in [3.05, 3.63) is 0 Å². The van der Waals surface area contributed by atoms with Gasteiger partial charge in [-0.05, 0) is 59.8 Å². The Hall–Kier alpha value is -1.43. The molecule has 11 heteroatoms. The van der Waals surface area contributed by atoms with Gasteiger partial charge in [0.2, 0.25) is 10.0 Å². The van der Waals surface area contributed by atoms with Gasteiger partial charge in [0.25, 0.3) is 0 Å². The summed E-state index contributed by atoms with van der Waals surface area (Å²) in [4.78, 5) is 29.1. The zero-order valence-electron chi connectivity index (χ0n) is 21.9. The molecular formula is C24H43N3O7S. The molecule has 0 aromatic carbocycles. The molecule has 2 saturated heterocycles. The molecule has 1 saturated carbocycles. The Kier molecular flexibility index (Phi) is 9.45. The van der Waals surface area contributed by atoms with Crippen molar-refractivity contribution in [2.45, 2.75) is 83.6 Å². The standard InChI is InChI=1S/C24H43N3O7S/c1-6-32-22(28)18-7-9-21(10-8-18)33-17-20-15-19(16-27(20)23(29)34-24(2,3)4)25-11-13-26(14-12-25)35(5,30)31/h18-21H,6-17H2,1-5H3/t18?,19-,20+,21?/m1/s1. The number of hydrogen-bond acceptors (Lipinski definition) is 8. The van der Waals surface area contributed by atoms with Crippen LogP contribution in [0.5, 0.6) is 0 Å². The Morgan fingerprint density at radius 2 is 1.63 bits per heavy atom. The van der Waals surface area contributed by atoms with Crippen LogP contribution in [0.2, 0.25) is 0 Å². The van der Waals surface area contributed by atoms with E-state index in [1.165, 1.54) is 10.6 Å². The number of rotatable bonds is 7. The number of carbonyl (C=O) groups is 2. The molecule has 0 aromatic rings. The summed E-state index contributed by atoms with van der Waals surface area (Å²) in [6.07, 6.45) is 4.87. The fourth-order valence-electron chi connectivity index (χ4n) is 5.23. The summed E-state index contributed by atoms with van der Waals surface area (Å²) in [7, 11) is -3.19. The molecule has 3 aliphatic rings. The van der Waals surface area contributed by atoms with E-state index in [0.717, 1.165) is 32.1 Å². The lowest BCUT2D eigenvalue weighted by molar-refractivity contribution is -0.150. The first-order valence-electron chi connectivity index (χ1n) is 12.8. The molecule has 0 aromatic heterocycles. The number of nitrogens with zero attached hydrogens (tertiary/aromatic N) is 3. The fourth-order valence-corrected chi connectivity index (χ4v) is 6.06. The van der Waals surface area contributed by atoms with Gasteiger partial charge in [-0.1, -0.05) is 0 Å². The molecule has 0 spiro atoms. The summed E-state index contributed by atoms with van der Waals surface area (Å²) in [5, 5.41) is 0. The van der Waals surface area contributed by atoms with Gasteiger partial charge in [0.15, 0.2) is 0 Å². The zero-order valence-corrected chi connectivity index (χ0v) is 22.7. The molecule has 10 nitrogen and oxygen atoms in total. The third kappa shape index (κ3) is 8.03. The minimum atomic E-state index is -3.19. The van der Waals surface area contributed by atoms with Crippen molar-refractivity contribution in [1.82, 2.24) is 14.1 Å². The third-order valence-electron chi connectivity index (χ3n) is 7.10. The Morgan fingerprint density at radius 3 is 2.17 bits per heavy atom. The second-order valence-electron chi connectivity index (χ2n) is 10.9. The van der Waals surface area contributed by atoms with E-state index in [4.69, 9.17) is 14.2 Å². The van der Waals surface area contributed by atoms with Gasteiger partial charge in [-0.15, -0.1) is 0 Å². The van der Waals surface area contributed by atoms with Crippen molar-refractivity contribution in [3.8, 4) is 0 Å². The van der Waals surface area contributed by atoms with Crippen molar-refractivity contribution in [2.24, 2.45) is 5.92 Å². The highest BCUT2D eigenvalue weighted by Crippen LogP contribution is 2.30. The van der Waals surface area contributed by atoms with Crippen LogP contribution in [0.1, 0.15) is 59.8 Å². The quantitative estimate of drug-likeness (QED) is 0.473. The summed E-state index contributed by atoms with van der Waals surface area (Å²) >= 11 is 0. The molecule has 0 bridgehead atoms. The van der Waals surface area contributed by atoms with E-state index < -0.39 is 15.6 Å². The Morgan fingerprint density at radius 1 is 1.00 bits per heavy atom. The van der Waals surface area contributed by atoms with E-state index in [1.807, 2.05) is 27.7 Å². The van der Waals surface area contributed by atoms with Crippen LogP contribution in [0.25, 0.3) is 0 Å². The first-order valence-corrected chi connectivity index (χ1v) is 14.7. The van der Waals surface area contributed by atoms with Crippen LogP contribution in [0.4, 0.5) is 4.79 Å². The minimum Gasteiger partial charge on any atom is -0.466 e. The molecule has 0 unspecified atom stereocenters. The lowest BCUT2D eigenvalue weighted by Crippen LogP contribution is -2.52. The summed E-state index contributed by atoms with van der Waals surface area (Å²) < 4.78 is 42.3. The Balaban J connectivity index is 1.57. The highest BCUT2D eigenvalue weighted by molar-refractivity contribution is 7.88. The van der Waals surface area contributed by atoms with E-state index in [2.05, 4.69) is 4.90 Å². The number of sulfonamides is 1. The van der Waals surface area contributed by atoms with Gasteiger partial charge in [-0.3, -0.25) is 9.69 Å². The highest BCUT2D eigenvalue weighted by atomic mass is 32.2. The predicted octanol–water partition coefficient (Wildman–Crippen LogP) is 2.08. The maximum Gasteiger partial charge on any atom is 0.410 e. The van der Waals surface area contributed by atoms with E-state index in [0.29, 0.717) is 45.9 Å².